The van der Waals surface area contributed by atoms with Gasteiger partial charge in [-0.3, -0.25) is 9.69 Å². The van der Waals surface area contributed by atoms with E-state index in [4.69, 9.17) is 9.47 Å². The van der Waals surface area contributed by atoms with Crippen molar-refractivity contribution >= 4 is 5.91 Å². The number of carbonyl (C=O) groups excluding carboxylic acids is 1. The Morgan fingerprint density at radius 3 is 3.00 bits per heavy atom. The Bertz CT molecular complexity index is 759. The van der Waals surface area contributed by atoms with Crippen LogP contribution in [0.25, 0.3) is 0 Å². The van der Waals surface area contributed by atoms with Crippen LogP contribution in [0.2, 0.25) is 0 Å². The molecule has 0 spiro atoms. The smallest absolute Gasteiger partial charge is 0.234 e. The normalized spacial score (nSPS) is 16.3. The first-order valence-corrected chi connectivity index (χ1v) is 8.65. The molecule has 7 nitrogen and oxygen atoms in total. The summed E-state index contributed by atoms with van der Waals surface area (Å²) in [7, 11) is 0. The van der Waals surface area contributed by atoms with Gasteiger partial charge in [0.25, 0.3) is 0 Å². The van der Waals surface area contributed by atoms with Crippen LogP contribution < -0.4 is 14.8 Å². The zero-order valence-corrected chi connectivity index (χ0v) is 14.1. The maximum atomic E-state index is 12.2. The number of nitrogens with one attached hydrogen (secondary N) is 1. The van der Waals surface area contributed by atoms with Gasteiger partial charge in [0, 0.05) is 32.0 Å². The molecule has 0 bridgehead atoms. The number of ether oxygens (including phenoxy) is 2. The van der Waals surface area contributed by atoms with Crippen LogP contribution >= 0.6 is 0 Å². The summed E-state index contributed by atoms with van der Waals surface area (Å²) in [5.74, 6) is 2.66. The number of imidazole rings is 1. The average Bonchev–Trinajstić information content (AvgIpc) is 3.09. The van der Waals surface area contributed by atoms with Crippen LogP contribution in [0.4, 0.5) is 0 Å². The Morgan fingerprint density at radius 1 is 1.20 bits per heavy atom. The van der Waals surface area contributed by atoms with Gasteiger partial charge in [0.05, 0.1) is 13.1 Å². The minimum absolute atomic E-state index is 0.0533. The number of carbonyl (C=O) groups is 1. The van der Waals surface area contributed by atoms with Crippen molar-refractivity contribution in [2.45, 2.75) is 19.5 Å². The number of nitrogens with zero attached hydrogens (tertiary/aromatic N) is 3. The van der Waals surface area contributed by atoms with Crippen molar-refractivity contribution < 1.29 is 14.3 Å². The SMILES string of the molecule is O=C(CN1CCn2ccnc2C1)NCCc1ccc2c(c1)OCCO2. The van der Waals surface area contributed by atoms with Crippen molar-refractivity contribution in [3.8, 4) is 11.5 Å². The van der Waals surface area contributed by atoms with Crippen molar-refractivity contribution in [3.63, 3.8) is 0 Å². The molecule has 1 aromatic heterocycles. The largest absolute Gasteiger partial charge is 0.486 e. The lowest BCUT2D eigenvalue weighted by molar-refractivity contribution is -0.122. The Kier molecular flexibility index (Phi) is 4.56. The maximum absolute atomic E-state index is 12.2. The monoisotopic (exact) mass is 342 g/mol. The van der Waals surface area contributed by atoms with E-state index >= 15 is 0 Å². The molecule has 0 unspecified atom stereocenters. The van der Waals surface area contributed by atoms with Crippen molar-refractivity contribution in [1.29, 1.82) is 0 Å². The summed E-state index contributed by atoms with van der Waals surface area (Å²) in [6.07, 6.45) is 4.57. The van der Waals surface area contributed by atoms with E-state index in [9.17, 15) is 4.79 Å². The van der Waals surface area contributed by atoms with E-state index in [2.05, 4.69) is 19.8 Å². The number of aromatic nitrogens is 2. The quantitative estimate of drug-likeness (QED) is 0.872. The molecule has 0 aliphatic carbocycles. The minimum Gasteiger partial charge on any atom is -0.486 e. The Balaban J connectivity index is 1.23. The molecule has 1 N–H and O–H groups in total. The standard InChI is InChI=1S/C18H22N4O3/c23-18(13-21-7-8-22-6-5-19-17(22)12-21)20-4-3-14-1-2-15-16(11-14)25-10-9-24-15/h1-2,5-6,11H,3-4,7-10,12-13H2,(H,20,23). The highest BCUT2D eigenvalue weighted by Gasteiger charge is 2.18. The van der Waals surface area contributed by atoms with E-state index in [-0.39, 0.29) is 5.91 Å². The van der Waals surface area contributed by atoms with Crippen molar-refractivity contribution in [2.75, 3.05) is 32.8 Å². The first-order chi connectivity index (χ1) is 12.3. The Labute approximate surface area is 146 Å². The topological polar surface area (TPSA) is 68.6 Å². The van der Waals surface area contributed by atoms with Gasteiger partial charge in [-0.15, -0.1) is 0 Å². The molecular weight excluding hydrogens is 320 g/mol. The molecule has 0 radical (unpaired) electrons. The third-order valence-electron chi connectivity index (χ3n) is 4.53. The van der Waals surface area contributed by atoms with Crippen LogP contribution in [0.15, 0.2) is 30.6 Å². The second-order valence-corrected chi connectivity index (χ2v) is 6.33. The van der Waals surface area contributed by atoms with Gasteiger partial charge in [0.15, 0.2) is 11.5 Å². The maximum Gasteiger partial charge on any atom is 0.234 e. The van der Waals surface area contributed by atoms with Crippen LogP contribution in [0.3, 0.4) is 0 Å². The molecule has 0 fully saturated rings. The molecule has 0 saturated carbocycles. The molecule has 7 heteroatoms. The van der Waals surface area contributed by atoms with E-state index in [0.717, 1.165) is 48.9 Å². The van der Waals surface area contributed by atoms with Crippen molar-refractivity contribution in [2.24, 2.45) is 0 Å². The number of fused-ring (bicyclic) bond motifs is 2. The molecule has 2 aromatic rings. The van der Waals surface area contributed by atoms with Gasteiger partial charge in [-0.2, -0.15) is 0 Å². The summed E-state index contributed by atoms with van der Waals surface area (Å²) in [5.41, 5.74) is 1.13. The molecule has 4 rings (SSSR count). The van der Waals surface area contributed by atoms with Crippen LogP contribution in [0, 0.1) is 0 Å². The highest BCUT2D eigenvalue weighted by atomic mass is 16.6. The van der Waals surface area contributed by atoms with Crippen LogP contribution in [-0.4, -0.2) is 53.2 Å². The van der Waals surface area contributed by atoms with E-state index in [1.807, 2.05) is 30.6 Å². The van der Waals surface area contributed by atoms with Gasteiger partial charge < -0.3 is 19.4 Å². The van der Waals surface area contributed by atoms with E-state index in [0.29, 0.717) is 26.3 Å². The number of benzene rings is 1. The molecular formula is C18H22N4O3. The molecule has 25 heavy (non-hydrogen) atoms. The van der Waals surface area contributed by atoms with Gasteiger partial charge in [-0.25, -0.2) is 4.98 Å². The second-order valence-electron chi connectivity index (χ2n) is 6.33. The summed E-state index contributed by atoms with van der Waals surface area (Å²) < 4.78 is 13.2. The predicted octanol–water partition coefficient (Wildman–Crippen LogP) is 0.829. The number of hydrogen-bond acceptors (Lipinski definition) is 5. The summed E-state index contributed by atoms with van der Waals surface area (Å²) in [6, 6.07) is 5.94. The lowest BCUT2D eigenvalue weighted by atomic mass is 10.1. The van der Waals surface area contributed by atoms with E-state index < -0.39 is 0 Å². The van der Waals surface area contributed by atoms with Crippen molar-refractivity contribution in [1.82, 2.24) is 19.8 Å². The third-order valence-corrected chi connectivity index (χ3v) is 4.53. The minimum atomic E-state index is 0.0533. The first kappa shape index (κ1) is 16.0. The molecule has 2 aliphatic rings. The molecule has 0 atom stereocenters. The van der Waals surface area contributed by atoms with E-state index in [1.54, 1.807) is 0 Å². The van der Waals surface area contributed by atoms with Gasteiger partial charge in [0.1, 0.15) is 19.0 Å². The molecule has 132 valence electrons. The summed E-state index contributed by atoms with van der Waals surface area (Å²) in [4.78, 5) is 18.6. The van der Waals surface area contributed by atoms with Crippen LogP contribution in [-0.2, 0) is 24.3 Å². The molecule has 0 saturated heterocycles. The van der Waals surface area contributed by atoms with Gasteiger partial charge >= 0.3 is 0 Å². The highest BCUT2D eigenvalue weighted by Crippen LogP contribution is 2.30. The first-order valence-electron chi connectivity index (χ1n) is 8.65. The van der Waals surface area contributed by atoms with Crippen LogP contribution in [0.1, 0.15) is 11.4 Å². The fraction of sp³-hybridized carbons (Fsp3) is 0.444. The van der Waals surface area contributed by atoms with Gasteiger partial charge in [-0.1, -0.05) is 6.07 Å². The molecule has 1 aromatic carbocycles. The zero-order valence-electron chi connectivity index (χ0n) is 14.1. The summed E-state index contributed by atoms with van der Waals surface area (Å²) >= 11 is 0. The zero-order chi connectivity index (χ0) is 17.1. The number of hydrogen-bond donors (Lipinski definition) is 1. The summed E-state index contributed by atoms with van der Waals surface area (Å²) in [5, 5.41) is 3.00. The third kappa shape index (κ3) is 3.76. The Hall–Kier alpha value is -2.54. The molecule has 1 amide bonds. The Morgan fingerprint density at radius 2 is 2.08 bits per heavy atom. The second kappa shape index (κ2) is 7.14. The number of rotatable bonds is 5. The number of amides is 1. The highest BCUT2D eigenvalue weighted by molar-refractivity contribution is 5.78. The van der Waals surface area contributed by atoms with Gasteiger partial charge in [-0.05, 0) is 24.1 Å². The fourth-order valence-corrected chi connectivity index (χ4v) is 3.21. The lowest BCUT2D eigenvalue weighted by Gasteiger charge is -2.26. The van der Waals surface area contributed by atoms with E-state index in [1.165, 1.54) is 0 Å². The fourth-order valence-electron chi connectivity index (χ4n) is 3.21. The lowest BCUT2D eigenvalue weighted by Crippen LogP contribution is -2.41. The van der Waals surface area contributed by atoms with Crippen LogP contribution in [0.5, 0.6) is 11.5 Å². The van der Waals surface area contributed by atoms with Crippen molar-refractivity contribution in [3.05, 3.63) is 42.0 Å². The average molecular weight is 342 g/mol. The molecule has 3 heterocycles. The predicted molar refractivity (Wildman–Crippen MR) is 91.6 cm³/mol. The van der Waals surface area contributed by atoms with Gasteiger partial charge in [0.2, 0.25) is 5.91 Å². The molecule has 2 aliphatic heterocycles. The summed E-state index contributed by atoms with van der Waals surface area (Å²) in [6.45, 7) is 4.69.